The molecule has 33 heavy (non-hydrogen) atoms. The third-order valence-electron chi connectivity index (χ3n) is 5.45. The number of pyridine rings is 1. The standard InChI is InChI=1S/C27H32N4O2/c1-22(33)30-27(19-24-8-5-9-26(18-24)25-10-13-28-14-11-25)12-15-29-16-17-31(21-32)20-23-6-3-2-4-7-23/h2-11,13-14,18,21,27,29H,12,15-17,19-20H2,1H3,(H,30,33)/t27-/m1/s1. The molecule has 0 radical (unpaired) electrons. The van der Waals surface area contributed by atoms with Crippen molar-refractivity contribution in [2.24, 2.45) is 0 Å². The van der Waals surface area contributed by atoms with Crippen LogP contribution < -0.4 is 10.6 Å². The highest BCUT2D eigenvalue weighted by Crippen LogP contribution is 2.20. The molecule has 0 aliphatic rings. The second-order valence-electron chi connectivity index (χ2n) is 8.14. The Hall–Kier alpha value is -3.51. The average Bonchev–Trinajstić information content (AvgIpc) is 2.84. The fourth-order valence-corrected chi connectivity index (χ4v) is 3.83. The summed E-state index contributed by atoms with van der Waals surface area (Å²) in [4.78, 5) is 29.0. The molecule has 0 saturated carbocycles. The summed E-state index contributed by atoms with van der Waals surface area (Å²) < 4.78 is 0. The van der Waals surface area contributed by atoms with Gasteiger partial charge in [0.15, 0.2) is 0 Å². The van der Waals surface area contributed by atoms with Gasteiger partial charge in [0.25, 0.3) is 0 Å². The summed E-state index contributed by atoms with van der Waals surface area (Å²) in [5, 5.41) is 6.48. The van der Waals surface area contributed by atoms with Crippen LogP contribution in [-0.2, 0) is 22.6 Å². The Balaban J connectivity index is 1.48. The van der Waals surface area contributed by atoms with Crippen molar-refractivity contribution in [2.75, 3.05) is 19.6 Å². The second-order valence-corrected chi connectivity index (χ2v) is 8.14. The first kappa shape index (κ1) is 24.1. The van der Waals surface area contributed by atoms with Gasteiger partial charge in [0.1, 0.15) is 0 Å². The van der Waals surface area contributed by atoms with Crippen molar-refractivity contribution in [1.29, 1.82) is 0 Å². The van der Waals surface area contributed by atoms with E-state index in [1.54, 1.807) is 24.2 Å². The highest BCUT2D eigenvalue weighted by molar-refractivity contribution is 5.73. The maximum Gasteiger partial charge on any atom is 0.217 e. The van der Waals surface area contributed by atoms with Crippen molar-refractivity contribution < 1.29 is 9.59 Å². The minimum atomic E-state index is -0.0275. The molecule has 3 aromatic rings. The lowest BCUT2D eigenvalue weighted by atomic mass is 9.98. The molecule has 172 valence electrons. The number of hydrogen-bond acceptors (Lipinski definition) is 4. The van der Waals surface area contributed by atoms with Gasteiger partial charge in [0.2, 0.25) is 12.3 Å². The minimum absolute atomic E-state index is 0.0275. The van der Waals surface area contributed by atoms with E-state index in [9.17, 15) is 9.59 Å². The van der Waals surface area contributed by atoms with E-state index in [0.29, 0.717) is 19.6 Å². The minimum Gasteiger partial charge on any atom is -0.353 e. The number of nitrogens with one attached hydrogen (secondary N) is 2. The molecule has 0 fully saturated rings. The van der Waals surface area contributed by atoms with Crippen LogP contribution in [0.3, 0.4) is 0 Å². The van der Waals surface area contributed by atoms with Crippen LogP contribution in [0.15, 0.2) is 79.1 Å². The Bertz CT molecular complexity index is 995. The SMILES string of the molecule is CC(=O)N[C@H](CCNCCN(C=O)Cc1ccccc1)Cc1cccc(-c2ccncc2)c1. The molecule has 0 spiro atoms. The summed E-state index contributed by atoms with van der Waals surface area (Å²) in [5.41, 5.74) is 4.56. The maximum atomic E-state index is 11.7. The fraction of sp³-hybridized carbons (Fsp3) is 0.296. The highest BCUT2D eigenvalue weighted by Gasteiger charge is 2.12. The third-order valence-corrected chi connectivity index (χ3v) is 5.45. The largest absolute Gasteiger partial charge is 0.353 e. The lowest BCUT2D eigenvalue weighted by molar-refractivity contribution is -0.120. The number of hydrogen-bond donors (Lipinski definition) is 2. The Morgan fingerprint density at radius 2 is 1.73 bits per heavy atom. The lowest BCUT2D eigenvalue weighted by Crippen LogP contribution is -2.38. The summed E-state index contributed by atoms with van der Waals surface area (Å²) in [5.74, 6) is -0.0275. The number of nitrogens with zero attached hydrogens (tertiary/aromatic N) is 2. The van der Waals surface area contributed by atoms with E-state index in [2.05, 4.69) is 39.9 Å². The third kappa shape index (κ3) is 8.50. The number of carbonyl (C=O) groups is 2. The first-order chi connectivity index (χ1) is 16.1. The Morgan fingerprint density at radius 3 is 2.45 bits per heavy atom. The molecular formula is C27H32N4O2. The van der Waals surface area contributed by atoms with Crippen molar-refractivity contribution in [3.05, 3.63) is 90.3 Å². The van der Waals surface area contributed by atoms with E-state index < -0.39 is 0 Å². The highest BCUT2D eigenvalue weighted by atomic mass is 16.1. The molecule has 1 heterocycles. The Labute approximate surface area is 196 Å². The van der Waals surface area contributed by atoms with Crippen molar-refractivity contribution in [2.45, 2.75) is 32.4 Å². The normalized spacial score (nSPS) is 11.5. The van der Waals surface area contributed by atoms with Crippen LogP contribution in [0, 0.1) is 0 Å². The summed E-state index contributed by atoms with van der Waals surface area (Å²) in [6.45, 7) is 4.26. The van der Waals surface area contributed by atoms with Gasteiger partial charge in [-0.1, -0.05) is 54.6 Å². The van der Waals surface area contributed by atoms with Crippen molar-refractivity contribution in [3.8, 4) is 11.1 Å². The molecule has 0 saturated heterocycles. The zero-order valence-corrected chi connectivity index (χ0v) is 19.1. The number of carbonyl (C=O) groups excluding carboxylic acids is 2. The van der Waals surface area contributed by atoms with Gasteiger partial charge in [-0.15, -0.1) is 0 Å². The molecule has 1 aromatic heterocycles. The van der Waals surface area contributed by atoms with E-state index in [-0.39, 0.29) is 11.9 Å². The Morgan fingerprint density at radius 1 is 0.970 bits per heavy atom. The number of amides is 2. The van der Waals surface area contributed by atoms with E-state index in [1.807, 2.05) is 42.5 Å². The predicted molar refractivity (Wildman–Crippen MR) is 131 cm³/mol. The zero-order chi connectivity index (χ0) is 23.3. The fourth-order valence-electron chi connectivity index (χ4n) is 3.83. The summed E-state index contributed by atoms with van der Waals surface area (Å²) >= 11 is 0. The van der Waals surface area contributed by atoms with E-state index in [4.69, 9.17) is 0 Å². The smallest absolute Gasteiger partial charge is 0.217 e. The van der Waals surface area contributed by atoms with Crippen LogP contribution >= 0.6 is 0 Å². The maximum absolute atomic E-state index is 11.7. The van der Waals surface area contributed by atoms with Crippen LogP contribution in [-0.4, -0.2) is 47.9 Å². The molecule has 2 amide bonds. The molecular weight excluding hydrogens is 412 g/mol. The van der Waals surface area contributed by atoms with Gasteiger partial charge in [-0.3, -0.25) is 14.6 Å². The molecule has 0 aliphatic heterocycles. The van der Waals surface area contributed by atoms with Gasteiger partial charge in [0, 0.05) is 45.0 Å². The molecule has 0 aliphatic carbocycles. The van der Waals surface area contributed by atoms with Gasteiger partial charge in [-0.2, -0.15) is 0 Å². The van der Waals surface area contributed by atoms with Crippen molar-refractivity contribution >= 4 is 12.3 Å². The predicted octanol–water partition coefficient (Wildman–Crippen LogP) is 3.43. The van der Waals surface area contributed by atoms with Gasteiger partial charge in [-0.05, 0) is 53.8 Å². The van der Waals surface area contributed by atoms with E-state index >= 15 is 0 Å². The van der Waals surface area contributed by atoms with Crippen molar-refractivity contribution in [1.82, 2.24) is 20.5 Å². The van der Waals surface area contributed by atoms with Gasteiger partial charge in [-0.25, -0.2) is 0 Å². The second kappa shape index (κ2) is 13.1. The zero-order valence-electron chi connectivity index (χ0n) is 19.1. The average molecular weight is 445 g/mol. The quantitative estimate of drug-likeness (QED) is 0.313. The molecule has 0 unspecified atom stereocenters. The van der Waals surface area contributed by atoms with Crippen molar-refractivity contribution in [3.63, 3.8) is 0 Å². The number of benzene rings is 2. The van der Waals surface area contributed by atoms with Gasteiger partial charge in [0.05, 0.1) is 0 Å². The van der Waals surface area contributed by atoms with Crippen LogP contribution in [0.5, 0.6) is 0 Å². The Kier molecular flexibility index (Phi) is 9.61. The van der Waals surface area contributed by atoms with E-state index in [0.717, 1.165) is 42.5 Å². The monoisotopic (exact) mass is 444 g/mol. The van der Waals surface area contributed by atoms with Crippen LogP contribution in [0.1, 0.15) is 24.5 Å². The topological polar surface area (TPSA) is 74.3 Å². The molecule has 6 heteroatoms. The molecule has 2 N–H and O–H groups in total. The van der Waals surface area contributed by atoms with Gasteiger partial charge >= 0.3 is 0 Å². The summed E-state index contributed by atoms with van der Waals surface area (Å²) in [6.07, 6.45) is 6.04. The lowest BCUT2D eigenvalue weighted by Gasteiger charge is -2.20. The van der Waals surface area contributed by atoms with Crippen LogP contribution in [0.2, 0.25) is 0 Å². The molecule has 3 rings (SSSR count). The number of rotatable bonds is 13. The summed E-state index contributed by atoms with van der Waals surface area (Å²) in [6, 6.07) is 22.4. The molecule has 6 nitrogen and oxygen atoms in total. The summed E-state index contributed by atoms with van der Waals surface area (Å²) in [7, 11) is 0. The first-order valence-corrected chi connectivity index (χ1v) is 11.3. The molecule has 0 bridgehead atoms. The molecule has 1 atom stereocenters. The van der Waals surface area contributed by atoms with Gasteiger partial charge < -0.3 is 15.5 Å². The van der Waals surface area contributed by atoms with Crippen LogP contribution in [0.25, 0.3) is 11.1 Å². The first-order valence-electron chi connectivity index (χ1n) is 11.3. The molecule has 2 aromatic carbocycles. The van der Waals surface area contributed by atoms with Crippen LogP contribution in [0.4, 0.5) is 0 Å². The van der Waals surface area contributed by atoms with E-state index in [1.165, 1.54) is 5.56 Å². The number of aromatic nitrogens is 1.